The fourth-order valence-corrected chi connectivity index (χ4v) is 2.31. The molecule has 5 heteroatoms. The van der Waals surface area contributed by atoms with Gasteiger partial charge < -0.3 is 14.8 Å². The number of hydrogen-bond acceptors (Lipinski definition) is 3. The molecule has 0 radical (unpaired) electrons. The number of nitrogens with one attached hydrogen (secondary N) is 1. The first-order chi connectivity index (χ1) is 11.1. The lowest BCUT2D eigenvalue weighted by Gasteiger charge is -2.28. The molecule has 130 valence electrons. The summed E-state index contributed by atoms with van der Waals surface area (Å²) in [6, 6.07) is 7.41. The van der Waals surface area contributed by atoms with Gasteiger partial charge in [-0.25, -0.2) is 0 Å². The third-order valence-corrected chi connectivity index (χ3v) is 3.89. The number of unbranched alkanes of at least 4 members (excludes halogenated alkanes) is 1. The van der Waals surface area contributed by atoms with Crippen LogP contribution in [0.3, 0.4) is 0 Å². The Kier molecular flexibility index (Phi) is 9.26. The summed E-state index contributed by atoms with van der Waals surface area (Å²) in [4.78, 5) is 12.6. The van der Waals surface area contributed by atoms with Crippen LogP contribution in [0, 0.1) is 0 Å². The zero-order valence-electron chi connectivity index (χ0n) is 14.4. The van der Waals surface area contributed by atoms with E-state index < -0.39 is 5.60 Å². The first-order valence-electron chi connectivity index (χ1n) is 8.30. The largest absolute Gasteiger partial charge is 0.493 e. The summed E-state index contributed by atoms with van der Waals surface area (Å²) in [7, 11) is 0. The molecule has 1 atom stereocenters. The fraction of sp³-hybridized carbons (Fsp3) is 0.611. The first-order valence-corrected chi connectivity index (χ1v) is 9.42. The van der Waals surface area contributed by atoms with E-state index in [9.17, 15) is 4.79 Å². The molecule has 1 aromatic carbocycles. The van der Waals surface area contributed by atoms with Gasteiger partial charge in [-0.05, 0) is 44.0 Å². The van der Waals surface area contributed by atoms with Crippen LogP contribution in [0.2, 0.25) is 0 Å². The van der Waals surface area contributed by atoms with Gasteiger partial charge in [0.15, 0.2) is 0 Å². The van der Waals surface area contributed by atoms with Crippen LogP contribution in [0.5, 0.6) is 5.75 Å². The number of alkyl halides is 1. The topological polar surface area (TPSA) is 47.6 Å². The highest BCUT2D eigenvalue weighted by Gasteiger charge is 2.33. The fourth-order valence-electron chi connectivity index (χ4n) is 2.15. The molecule has 0 aliphatic carbocycles. The van der Waals surface area contributed by atoms with Crippen LogP contribution in [0.15, 0.2) is 24.3 Å². The summed E-state index contributed by atoms with van der Waals surface area (Å²) in [6.45, 7) is 7.24. The highest BCUT2D eigenvalue weighted by Crippen LogP contribution is 2.23. The number of rotatable bonds is 11. The lowest BCUT2D eigenvalue weighted by atomic mass is 9.97. The Morgan fingerprint density at radius 2 is 1.87 bits per heavy atom. The summed E-state index contributed by atoms with van der Waals surface area (Å²) < 4.78 is 11.4. The molecular formula is C18H28BrNO3. The van der Waals surface area contributed by atoms with Crippen molar-refractivity contribution in [2.75, 3.05) is 23.9 Å². The van der Waals surface area contributed by atoms with Crippen LogP contribution in [0.4, 0.5) is 5.69 Å². The number of anilines is 1. The van der Waals surface area contributed by atoms with E-state index in [-0.39, 0.29) is 5.91 Å². The van der Waals surface area contributed by atoms with E-state index in [1.54, 1.807) is 0 Å². The van der Waals surface area contributed by atoms with Crippen molar-refractivity contribution in [3.8, 4) is 5.75 Å². The number of halogens is 1. The lowest BCUT2D eigenvalue weighted by molar-refractivity contribution is -0.140. The van der Waals surface area contributed by atoms with Crippen LogP contribution in [0.25, 0.3) is 0 Å². The van der Waals surface area contributed by atoms with Gasteiger partial charge in [0.2, 0.25) is 0 Å². The van der Waals surface area contributed by atoms with E-state index in [0.717, 1.165) is 42.5 Å². The maximum atomic E-state index is 12.6. The smallest absolute Gasteiger partial charge is 0.256 e. The van der Waals surface area contributed by atoms with Gasteiger partial charge in [-0.15, -0.1) is 0 Å². The predicted molar refractivity (Wildman–Crippen MR) is 98.5 cm³/mol. The molecule has 23 heavy (non-hydrogen) atoms. The number of carbonyl (C=O) groups excluding carboxylic acids is 1. The second-order valence-corrected chi connectivity index (χ2v) is 6.49. The predicted octanol–water partition coefficient (Wildman–Crippen LogP) is 4.77. The number of ether oxygens (including phenoxy) is 2. The van der Waals surface area contributed by atoms with Crippen LogP contribution < -0.4 is 10.1 Å². The van der Waals surface area contributed by atoms with Gasteiger partial charge in [0.25, 0.3) is 5.91 Å². The quantitative estimate of drug-likeness (QED) is 0.557. The third-order valence-electron chi connectivity index (χ3n) is 3.57. The second kappa shape index (κ2) is 10.7. The van der Waals surface area contributed by atoms with Crippen molar-refractivity contribution in [2.24, 2.45) is 0 Å². The zero-order chi connectivity index (χ0) is 17.1. The molecule has 1 aromatic rings. The van der Waals surface area contributed by atoms with Crippen LogP contribution >= 0.6 is 15.9 Å². The standard InChI is InChI=1S/C18H28BrNO3/c1-4-6-11-18(3,23-13-5-2)17(21)20-15-7-9-16(10-8-15)22-14-12-19/h7-10H,4-6,11-14H2,1-3H3,(H,20,21)/t18-/m0/s1. The van der Waals surface area contributed by atoms with Crippen molar-refractivity contribution in [1.29, 1.82) is 0 Å². The first kappa shape index (κ1) is 20.0. The molecule has 0 aliphatic heterocycles. The number of hydrogen-bond donors (Lipinski definition) is 1. The molecule has 0 fully saturated rings. The molecule has 0 saturated carbocycles. The molecule has 1 N–H and O–H groups in total. The Bertz CT molecular complexity index is 454. The Labute approximate surface area is 148 Å². The van der Waals surface area contributed by atoms with Crippen molar-refractivity contribution in [3.05, 3.63) is 24.3 Å². The molecule has 0 aromatic heterocycles. The van der Waals surface area contributed by atoms with Crippen LogP contribution in [0.1, 0.15) is 46.5 Å². The van der Waals surface area contributed by atoms with Crippen LogP contribution in [-0.4, -0.2) is 30.1 Å². The summed E-state index contributed by atoms with van der Waals surface area (Å²) in [6.07, 6.45) is 3.63. The highest BCUT2D eigenvalue weighted by atomic mass is 79.9. The Morgan fingerprint density at radius 1 is 1.17 bits per heavy atom. The average molecular weight is 386 g/mol. The monoisotopic (exact) mass is 385 g/mol. The summed E-state index contributed by atoms with van der Waals surface area (Å²) in [5.74, 6) is 0.701. The minimum Gasteiger partial charge on any atom is -0.493 e. The molecule has 0 spiro atoms. The van der Waals surface area contributed by atoms with Gasteiger partial charge in [0, 0.05) is 17.6 Å². The van der Waals surface area contributed by atoms with Crippen molar-refractivity contribution >= 4 is 27.5 Å². The molecule has 0 saturated heterocycles. The second-order valence-electron chi connectivity index (χ2n) is 5.70. The molecule has 4 nitrogen and oxygen atoms in total. The van der Waals surface area contributed by atoms with Gasteiger partial charge in [-0.1, -0.05) is 42.6 Å². The molecular weight excluding hydrogens is 358 g/mol. The van der Waals surface area contributed by atoms with Crippen molar-refractivity contribution in [2.45, 2.75) is 52.1 Å². The Hall–Kier alpha value is -1.07. The van der Waals surface area contributed by atoms with E-state index >= 15 is 0 Å². The maximum absolute atomic E-state index is 12.6. The van der Waals surface area contributed by atoms with Gasteiger partial charge in [0.05, 0.1) is 6.61 Å². The zero-order valence-corrected chi connectivity index (χ0v) is 15.9. The number of benzene rings is 1. The number of amides is 1. The van der Waals surface area contributed by atoms with E-state index in [1.807, 2.05) is 38.1 Å². The normalized spacial score (nSPS) is 13.4. The Balaban J connectivity index is 2.69. The third kappa shape index (κ3) is 6.92. The molecule has 0 heterocycles. The maximum Gasteiger partial charge on any atom is 0.256 e. The summed E-state index contributed by atoms with van der Waals surface area (Å²) >= 11 is 3.32. The van der Waals surface area contributed by atoms with Gasteiger partial charge >= 0.3 is 0 Å². The molecule has 1 rings (SSSR count). The number of carbonyl (C=O) groups is 1. The highest BCUT2D eigenvalue weighted by molar-refractivity contribution is 9.09. The Morgan fingerprint density at radius 3 is 2.43 bits per heavy atom. The average Bonchev–Trinajstić information content (AvgIpc) is 2.57. The van der Waals surface area contributed by atoms with E-state index in [4.69, 9.17) is 9.47 Å². The van der Waals surface area contributed by atoms with Gasteiger partial charge in [0.1, 0.15) is 11.4 Å². The summed E-state index contributed by atoms with van der Waals surface area (Å²) in [5.41, 5.74) is -0.0269. The SMILES string of the molecule is CCCC[C@](C)(OCCC)C(=O)Nc1ccc(OCCBr)cc1. The van der Waals surface area contributed by atoms with E-state index in [1.165, 1.54) is 0 Å². The minimum atomic E-state index is -0.781. The van der Waals surface area contributed by atoms with Crippen LogP contribution in [-0.2, 0) is 9.53 Å². The summed E-state index contributed by atoms with van der Waals surface area (Å²) in [5, 5.41) is 3.74. The van der Waals surface area contributed by atoms with Crippen molar-refractivity contribution in [3.63, 3.8) is 0 Å². The molecule has 0 aliphatic rings. The minimum absolute atomic E-state index is 0.0893. The molecule has 0 bridgehead atoms. The van der Waals surface area contributed by atoms with Gasteiger partial charge in [-0.2, -0.15) is 0 Å². The molecule has 1 amide bonds. The van der Waals surface area contributed by atoms with Crippen molar-refractivity contribution < 1.29 is 14.3 Å². The molecule has 0 unspecified atom stereocenters. The van der Waals surface area contributed by atoms with E-state index in [2.05, 4.69) is 28.2 Å². The van der Waals surface area contributed by atoms with E-state index in [0.29, 0.717) is 13.2 Å². The lowest BCUT2D eigenvalue weighted by Crippen LogP contribution is -2.43. The van der Waals surface area contributed by atoms with Gasteiger partial charge in [-0.3, -0.25) is 4.79 Å². The van der Waals surface area contributed by atoms with Crippen molar-refractivity contribution in [1.82, 2.24) is 0 Å².